The summed E-state index contributed by atoms with van der Waals surface area (Å²) in [6.45, 7) is 3.43. The Kier molecular flexibility index (Phi) is 6.87. The maximum absolute atomic E-state index is 11.1. The molecule has 0 radical (unpaired) electrons. The van der Waals surface area contributed by atoms with Crippen LogP contribution in [-0.4, -0.2) is 44.4 Å². The molecule has 1 rings (SSSR count). The fraction of sp³-hybridized carbons (Fsp3) is 0.533. The number of carbonyl (C=O) groups is 1. The average Bonchev–Trinajstić information content (AvgIpc) is 2.46. The summed E-state index contributed by atoms with van der Waals surface area (Å²) in [6, 6.07) is 7.24. The maximum Gasteiger partial charge on any atom is 0.320 e. The van der Waals surface area contributed by atoms with E-state index in [1.54, 1.807) is 7.11 Å². The predicted octanol–water partition coefficient (Wildman–Crippen LogP) is 1.97. The molecule has 1 aromatic rings. The second-order valence-electron chi connectivity index (χ2n) is 4.75. The van der Waals surface area contributed by atoms with E-state index in [-0.39, 0.29) is 0 Å². The van der Waals surface area contributed by atoms with Crippen LogP contribution >= 0.6 is 0 Å². The van der Waals surface area contributed by atoms with E-state index in [9.17, 15) is 4.79 Å². The molecule has 0 heterocycles. The Bertz CT molecular complexity index is 406. The lowest BCUT2D eigenvalue weighted by Crippen LogP contribution is -2.39. The summed E-state index contributed by atoms with van der Waals surface area (Å²) in [6.07, 6.45) is 1.50. The number of benzene rings is 1. The molecule has 1 atom stereocenters. The standard InChI is InChI=1S/C15H24N2O3/c1-4-10-16-14(15(18)19)9-11-17(2)12-5-7-13(20-3)8-6-12/h5-8,14,16H,4,9-11H2,1-3H3,(H,18,19). The number of anilines is 1. The minimum absolute atomic E-state index is 0.490. The third-order valence-electron chi connectivity index (χ3n) is 3.21. The molecule has 1 unspecified atom stereocenters. The molecule has 0 fully saturated rings. The van der Waals surface area contributed by atoms with Gasteiger partial charge in [0.05, 0.1) is 7.11 Å². The number of rotatable bonds is 9. The Labute approximate surface area is 120 Å². The van der Waals surface area contributed by atoms with Crippen molar-refractivity contribution >= 4 is 11.7 Å². The highest BCUT2D eigenvalue weighted by Gasteiger charge is 2.16. The van der Waals surface area contributed by atoms with Crippen molar-refractivity contribution < 1.29 is 14.6 Å². The highest BCUT2D eigenvalue weighted by Crippen LogP contribution is 2.18. The number of hydrogen-bond acceptors (Lipinski definition) is 4. The van der Waals surface area contributed by atoms with Crippen molar-refractivity contribution in [1.82, 2.24) is 5.32 Å². The molecule has 5 heteroatoms. The second-order valence-corrected chi connectivity index (χ2v) is 4.75. The summed E-state index contributed by atoms with van der Waals surface area (Å²) in [4.78, 5) is 13.2. The fourth-order valence-corrected chi connectivity index (χ4v) is 1.92. The van der Waals surface area contributed by atoms with Gasteiger partial charge in [0.2, 0.25) is 0 Å². The topological polar surface area (TPSA) is 61.8 Å². The molecule has 112 valence electrons. The maximum atomic E-state index is 11.1. The Morgan fingerprint density at radius 2 is 2.05 bits per heavy atom. The van der Waals surface area contributed by atoms with Gasteiger partial charge >= 0.3 is 5.97 Å². The molecule has 1 aromatic carbocycles. The lowest BCUT2D eigenvalue weighted by atomic mass is 10.2. The van der Waals surface area contributed by atoms with Gasteiger partial charge in [0.25, 0.3) is 0 Å². The number of carboxylic acid groups (broad SMARTS) is 1. The van der Waals surface area contributed by atoms with Gasteiger partial charge in [-0.05, 0) is 43.7 Å². The quantitative estimate of drug-likeness (QED) is 0.724. The summed E-state index contributed by atoms with van der Waals surface area (Å²) < 4.78 is 5.12. The van der Waals surface area contributed by atoms with Gasteiger partial charge in [-0.25, -0.2) is 0 Å². The van der Waals surface area contributed by atoms with Crippen LogP contribution in [0.5, 0.6) is 5.75 Å². The zero-order valence-corrected chi connectivity index (χ0v) is 12.4. The van der Waals surface area contributed by atoms with Crippen LogP contribution in [0, 0.1) is 0 Å². The Balaban J connectivity index is 2.51. The van der Waals surface area contributed by atoms with Crippen molar-refractivity contribution in [3.63, 3.8) is 0 Å². The molecule has 0 aromatic heterocycles. The molecular weight excluding hydrogens is 256 g/mol. The number of nitrogens with one attached hydrogen (secondary N) is 1. The zero-order chi connectivity index (χ0) is 15.0. The van der Waals surface area contributed by atoms with E-state index in [1.807, 2.05) is 43.1 Å². The average molecular weight is 280 g/mol. The van der Waals surface area contributed by atoms with Gasteiger partial charge in [0.15, 0.2) is 0 Å². The van der Waals surface area contributed by atoms with E-state index in [0.29, 0.717) is 13.0 Å². The fourth-order valence-electron chi connectivity index (χ4n) is 1.92. The van der Waals surface area contributed by atoms with Crippen LogP contribution in [0.2, 0.25) is 0 Å². The smallest absolute Gasteiger partial charge is 0.320 e. The first-order valence-corrected chi connectivity index (χ1v) is 6.89. The van der Waals surface area contributed by atoms with Gasteiger partial charge in [-0.3, -0.25) is 4.79 Å². The molecule has 0 aliphatic carbocycles. The molecule has 0 saturated heterocycles. The minimum Gasteiger partial charge on any atom is -0.497 e. The van der Waals surface area contributed by atoms with Crippen molar-refractivity contribution in [2.75, 3.05) is 32.1 Å². The van der Waals surface area contributed by atoms with Gasteiger partial charge in [0.1, 0.15) is 11.8 Å². The molecule has 0 amide bonds. The summed E-state index contributed by atoms with van der Waals surface area (Å²) >= 11 is 0. The summed E-state index contributed by atoms with van der Waals surface area (Å²) in [5.74, 6) is 0.0248. The van der Waals surface area contributed by atoms with E-state index in [2.05, 4.69) is 5.32 Å². The van der Waals surface area contributed by atoms with Gasteiger partial charge in [-0.2, -0.15) is 0 Å². The van der Waals surface area contributed by atoms with Crippen LogP contribution in [-0.2, 0) is 4.79 Å². The zero-order valence-electron chi connectivity index (χ0n) is 12.4. The van der Waals surface area contributed by atoms with Crippen molar-refractivity contribution in [2.24, 2.45) is 0 Å². The number of aliphatic carboxylic acids is 1. The minimum atomic E-state index is -0.790. The van der Waals surface area contributed by atoms with Crippen LogP contribution < -0.4 is 15.0 Å². The third-order valence-corrected chi connectivity index (χ3v) is 3.21. The lowest BCUT2D eigenvalue weighted by molar-refractivity contribution is -0.139. The predicted molar refractivity (Wildman–Crippen MR) is 80.6 cm³/mol. The number of carboxylic acids is 1. The lowest BCUT2D eigenvalue weighted by Gasteiger charge is -2.22. The summed E-state index contributed by atoms with van der Waals surface area (Å²) in [7, 11) is 3.59. The highest BCUT2D eigenvalue weighted by molar-refractivity contribution is 5.73. The van der Waals surface area contributed by atoms with Crippen LogP contribution in [0.4, 0.5) is 5.69 Å². The number of hydrogen-bond donors (Lipinski definition) is 2. The van der Waals surface area contributed by atoms with Crippen molar-refractivity contribution in [3.05, 3.63) is 24.3 Å². The number of ether oxygens (including phenoxy) is 1. The van der Waals surface area contributed by atoms with Crippen LogP contribution in [0.1, 0.15) is 19.8 Å². The van der Waals surface area contributed by atoms with Crippen molar-refractivity contribution in [3.8, 4) is 5.75 Å². The van der Waals surface area contributed by atoms with E-state index in [4.69, 9.17) is 9.84 Å². The van der Waals surface area contributed by atoms with Crippen LogP contribution in [0.3, 0.4) is 0 Å². The molecule has 5 nitrogen and oxygen atoms in total. The molecular formula is C15H24N2O3. The molecule has 0 bridgehead atoms. The SMILES string of the molecule is CCCNC(CCN(C)c1ccc(OC)cc1)C(=O)O. The first-order chi connectivity index (χ1) is 9.58. The van der Waals surface area contributed by atoms with E-state index in [1.165, 1.54) is 0 Å². The molecule has 0 aliphatic heterocycles. The molecule has 0 aliphatic rings. The number of methoxy groups -OCH3 is 1. The second kappa shape index (κ2) is 8.43. The third kappa shape index (κ3) is 5.09. The molecule has 0 spiro atoms. The Hall–Kier alpha value is -1.75. The largest absolute Gasteiger partial charge is 0.497 e. The summed E-state index contributed by atoms with van der Waals surface area (Å²) in [5.41, 5.74) is 1.05. The van der Waals surface area contributed by atoms with E-state index >= 15 is 0 Å². The van der Waals surface area contributed by atoms with Crippen LogP contribution in [0.25, 0.3) is 0 Å². The molecule has 2 N–H and O–H groups in total. The van der Waals surface area contributed by atoms with Crippen molar-refractivity contribution in [1.29, 1.82) is 0 Å². The van der Waals surface area contributed by atoms with Crippen LogP contribution in [0.15, 0.2) is 24.3 Å². The highest BCUT2D eigenvalue weighted by atomic mass is 16.5. The van der Waals surface area contributed by atoms with Gasteiger partial charge < -0.3 is 20.1 Å². The summed E-state index contributed by atoms with van der Waals surface area (Å²) in [5, 5.41) is 12.2. The van der Waals surface area contributed by atoms with E-state index < -0.39 is 12.0 Å². The van der Waals surface area contributed by atoms with Gasteiger partial charge in [0, 0.05) is 19.3 Å². The normalized spacial score (nSPS) is 11.9. The molecule has 0 saturated carbocycles. The molecule has 20 heavy (non-hydrogen) atoms. The monoisotopic (exact) mass is 280 g/mol. The number of nitrogens with zero attached hydrogens (tertiary/aromatic N) is 1. The van der Waals surface area contributed by atoms with Gasteiger partial charge in [-0.15, -0.1) is 0 Å². The van der Waals surface area contributed by atoms with Crippen molar-refractivity contribution in [2.45, 2.75) is 25.8 Å². The Morgan fingerprint density at radius 1 is 1.40 bits per heavy atom. The van der Waals surface area contributed by atoms with Gasteiger partial charge in [-0.1, -0.05) is 6.92 Å². The first-order valence-electron chi connectivity index (χ1n) is 6.89. The first kappa shape index (κ1) is 16.3. The van der Waals surface area contributed by atoms with E-state index in [0.717, 1.165) is 24.4 Å². The Morgan fingerprint density at radius 3 is 2.55 bits per heavy atom.